The number of likely N-dealkylation sites (tertiary alicyclic amines) is 1. The van der Waals surface area contributed by atoms with Crippen molar-refractivity contribution >= 4 is 22.6 Å². The van der Waals surface area contributed by atoms with Crippen LogP contribution in [0.5, 0.6) is 0 Å². The Morgan fingerprint density at radius 2 is 1.88 bits per heavy atom. The molecule has 0 unspecified atom stereocenters. The fraction of sp³-hybridized carbons (Fsp3) is 0.346. The number of piperidine rings is 1. The van der Waals surface area contributed by atoms with Crippen molar-refractivity contribution in [3.05, 3.63) is 66.0 Å². The Bertz CT molecular complexity index is 1210. The zero-order chi connectivity index (χ0) is 22.8. The quantitative estimate of drug-likeness (QED) is 0.457. The lowest BCUT2D eigenvalue weighted by molar-refractivity contribution is -0.121. The summed E-state index contributed by atoms with van der Waals surface area (Å²) in [7, 11) is 0. The summed E-state index contributed by atoms with van der Waals surface area (Å²) in [6.45, 7) is 7.90. The van der Waals surface area contributed by atoms with Gasteiger partial charge in [0.25, 0.3) is 0 Å². The highest BCUT2D eigenvalue weighted by Crippen LogP contribution is 2.24. The maximum absolute atomic E-state index is 12.8. The van der Waals surface area contributed by atoms with E-state index in [9.17, 15) is 4.79 Å². The number of aromatic amines is 1. The number of amides is 1. The molecule has 1 saturated heterocycles. The molecule has 5 rings (SSSR count). The third-order valence-corrected chi connectivity index (χ3v) is 6.67. The number of carbonyl (C=O) groups is 1. The third-order valence-electron chi connectivity index (χ3n) is 6.67. The highest BCUT2D eigenvalue weighted by molar-refractivity contribution is 5.93. The van der Waals surface area contributed by atoms with Crippen molar-refractivity contribution in [3.8, 4) is 11.4 Å². The standard InChI is InChI=1S/C26H30N6O/c1-3-32-18(2)21(16-27-32)17-31-14-12-20(13-15-31)26(33)28-22-10-8-19(9-11-22)25-29-23-6-4-5-7-24(23)30-25/h4-11,16,20H,3,12-15,17H2,1-2H3,(H,28,33)(H,29,30). The Labute approximate surface area is 193 Å². The summed E-state index contributed by atoms with van der Waals surface area (Å²) in [5, 5.41) is 7.55. The molecule has 7 heteroatoms. The number of nitrogens with one attached hydrogen (secondary N) is 2. The van der Waals surface area contributed by atoms with E-state index in [1.165, 1.54) is 11.3 Å². The van der Waals surface area contributed by atoms with E-state index >= 15 is 0 Å². The van der Waals surface area contributed by atoms with Crippen molar-refractivity contribution in [3.63, 3.8) is 0 Å². The molecular weight excluding hydrogens is 412 g/mol. The third kappa shape index (κ3) is 4.54. The van der Waals surface area contributed by atoms with Gasteiger partial charge in [0.2, 0.25) is 5.91 Å². The number of benzene rings is 2. The number of aryl methyl sites for hydroxylation is 1. The van der Waals surface area contributed by atoms with E-state index in [1.54, 1.807) is 0 Å². The van der Waals surface area contributed by atoms with Gasteiger partial charge in [-0.25, -0.2) is 4.98 Å². The number of H-pyrrole nitrogens is 1. The van der Waals surface area contributed by atoms with Gasteiger partial charge in [0.05, 0.1) is 17.2 Å². The summed E-state index contributed by atoms with van der Waals surface area (Å²) in [6.07, 6.45) is 3.74. The predicted molar refractivity (Wildman–Crippen MR) is 131 cm³/mol. The van der Waals surface area contributed by atoms with Crippen molar-refractivity contribution in [2.45, 2.75) is 39.8 Å². The molecule has 0 aliphatic carbocycles. The van der Waals surface area contributed by atoms with Gasteiger partial charge in [-0.05, 0) is 76.2 Å². The first-order valence-electron chi connectivity index (χ1n) is 11.7. The number of carbonyl (C=O) groups excluding carboxylic acids is 1. The number of nitrogens with zero attached hydrogens (tertiary/aromatic N) is 4. The monoisotopic (exact) mass is 442 g/mol. The smallest absolute Gasteiger partial charge is 0.227 e. The van der Waals surface area contributed by atoms with Crippen molar-refractivity contribution in [1.29, 1.82) is 0 Å². The molecule has 1 fully saturated rings. The minimum Gasteiger partial charge on any atom is -0.338 e. The SMILES string of the molecule is CCn1ncc(CN2CCC(C(=O)Nc3ccc(-c4nc5ccccc5[nH]4)cc3)CC2)c1C. The van der Waals surface area contributed by atoms with Gasteiger partial charge in [-0.15, -0.1) is 0 Å². The fourth-order valence-electron chi connectivity index (χ4n) is 4.60. The highest BCUT2D eigenvalue weighted by atomic mass is 16.1. The summed E-state index contributed by atoms with van der Waals surface area (Å²) < 4.78 is 2.04. The van der Waals surface area contributed by atoms with E-state index in [0.29, 0.717) is 0 Å². The average molecular weight is 443 g/mol. The first kappa shape index (κ1) is 21.4. The summed E-state index contributed by atoms with van der Waals surface area (Å²) in [5.74, 6) is 0.998. The van der Waals surface area contributed by atoms with Crippen LogP contribution >= 0.6 is 0 Å². The van der Waals surface area contributed by atoms with Gasteiger partial charge < -0.3 is 10.3 Å². The average Bonchev–Trinajstić information content (AvgIpc) is 3.43. The van der Waals surface area contributed by atoms with E-state index in [1.807, 2.05) is 59.4 Å². The summed E-state index contributed by atoms with van der Waals surface area (Å²) in [6, 6.07) is 15.9. The molecule has 2 N–H and O–H groups in total. The van der Waals surface area contributed by atoms with Crippen LogP contribution in [-0.2, 0) is 17.9 Å². The number of rotatable bonds is 6. The van der Waals surface area contributed by atoms with Gasteiger partial charge in [-0.1, -0.05) is 12.1 Å². The number of anilines is 1. The molecule has 0 saturated carbocycles. The number of hydrogen-bond donors (Lipinski definition) is 2. The van der Waals surface area contributed by atoms with Crippen LogP contribution in [0.2, 0.25) is 0 Å². The molecule has 3 heterocycles. The maximum atomic E-state index is 12.8. The van der Waals surface area contributed by atoms with Crippen molar-refractivity contribution in [2.24, 2.45) is 5.92 Å². The normalized spacial score (nSPS) is 15.2. The predicted octanol–water partition coefficient (Wildman–Crippen LogP) is 4.61. The number of para-hydroxylation sites is 2. The minimum atomic E-state index is 0.0516. The molecule has 1 aliphatic heterocycles. The molecule has 33 heavy (non-hydrogen) atoms. The Balaban J connectivity index is 1.15. The number of fused-ring (bicyclic) bond motifs is 1. The lowest BCUT2D eigenvalue weighted by atomic mass is 9.95. The molecule has 1 amide bonds. The number of aromatic nitrogens is 4. The highest BCUT2D eigenvalue weighted by Gasteiger charge is 2.25. The zero-order valence-corrected chi connectivity index (χ0v) is 19.2. The van der Waals surface area contributed by atoms with Crippen LogP contribution in [0.25, 0.3) is 22.4 Å². The van der Waals surface area contributed by atoms with Crippen LogP contribution in [0.15, 0.2) is 54.7 Å². The number of imidazole rings is 1. The van der Waals surface area contributed by atoms with Gasteiger partial charge in [-0.2, -0.15) is 5.10 Å². The van der Waals surface area contributed by atoms with E-state index < -0.39 is 0 Å². The Hall–Kier alpha value is -3.45. The largest absolute Gasteiger partial charge is 0.338 e. The summed E-state index contributed by atoms with van der Waals surface area (Å²) in [4.78, 5) is 23.3. The van der Waals surface area contributed by atoms with Crippen molar-refractivity contribution < 1.29 is 4.79 Å². The molecule has 4 aromatic rings. The summed E-state index contributed by atoms with van der Waals surface area (Å²) in [5.41, 5.74) is 6.31. The summed E-state index contributed by atoms with van der Waals surface area (Å²) >= 11 is 0. The lowest BCUT2D eigenvalue weighted by Gasteiger charge is -2.31. The topological polar surface area (TPSA) is 78.8 Å². The van der Waals surface area contributed by atoms with Crippen LogP contribution in [0.4, 0.5) is 5.69 Å². The lowest BCUT2D eigenvalue weighted by Crippen LogP contribution is -2.37. The van der Waals surface area contributed by atoms with Gasteiger partial charge >= 0.3 is 0 Å². The molecular formula is C26H30N6O. The van der Waals surface area contributed by atoms with Gasteiger partial charge in [0, 0.05) is 41.5 Å². The van der Waals surface area contributed by atoms with Gasteiger partial charge in [-0.3, -0.25) is 14.4 Å². The van der Waals surface area contributed by atoms with E-state index in [-0.39, 0.29) is 11.8 Å². The van der Waals surface area contributed by atoms with Crippen LogP contribution in [0.1, 0.15) is 31.0 Å². The van der Waals surface area contributed by atoms with Crippen LogP contribution in [-0.4, -0.2) is 43.6 Å². The maximum Gasteiger partial charge on any atom is 0.227 e. The second-order valence-corrected chi connectivity index (χ2v) is 8.79. The Kier molecular flexibility index (Phi) is 5.96. The first-order valence-corrected chi connectivity index (χ1v) is 11.7. The second-order valence-electron chi connectivity index (χ2n) is 8.79. The molecule has 170 valence electrons. The second kappa shape index (κ2) is 9.19. The van der Waals surface area contributed by atoms with Crippen LogP contribution in [0.3, 0.4) is 0 Å². The Morgan fingerprint density at radius 1 is 1.12 bits per heavy atom. The molecule has 0 spiro atoms. The molecule has 0 bridgehead atoms. The van der Waals surface area contributed by atoms with Gasteiger partial charge in [0.15, 0.2) is 0 Å². The van der Waals surface area contributed by atoms with Crippen molar-refractivity contribution in [2.75, 3.05) is 18.4 Å². The number of hydrogen-bond acceptors (Lipinski definition) is 4. The first-order chi connectivity index (χ1) is 16.1. The van der Waals surface area contributed by atoms with Crippen LogP contribution < -0.4 is 5.32 Å². The molecule has 1 aliphatic rings. The molecule has 2 aromatic heterocycles. The van der Waals surface area contributed by atoms with Crippen molar-refractivity contribution in [1.82, 2.24) is 24.6 Å². The van der Waals surface area contributed by atoms with E-state index in [4.69, 9.17) is 0 Å². The zero-order valence-electron chi connectivity index (χ0n) is 19.2. The van der Waals surface area contributed by atoms with Crippen LogP contribution in [0, 0.1) is 12.8 Å². The van der Waals surface area contributed by atoms with Gasteiger partial charge in [0.1, 0.15) is 5.82 Å². The molecule has 0 radical (unpaired) electrons. The molecule has 2 aromatic carbocycles. The molecule has 7 nitrogen and oxygen atoms in total. The molecule has 0 atom stereocenters. The fourth-order valence-corrected chi connectivity index (χ4v) is 4.60. The minimum absolute atomic E-state index is 0.0516. The van der Waals surface area contributed by atoms with E-state index in [0.717, 1.165) is 67.1 Å². The Morgan fingerprint density at radius 3 is 2.58 bits per heavy atom. The van der Waals surface area contributed by atoms with E-state index in [2.05, 4.69) is 39.1 Å².